The highest BCUT2D eigenvalue weighted by Crippen LogP contribution is 2.48. The van der Waals surface area contributed by atoms with Crippen molar-refractivity contribution >= 4 is 40.5 Å². The van der Waals surface area contributed by atoms with E-state index in [1.165, 1.54) is 6.92 Å². The Labute approximate surface area is 275 Å². The number of amides is 1. The van der Waals surface area contributed by atoms with E-state index in [2.05, 4.69) is 27.6 Å². The first-order valence-corrected chi connectivity index (χ1v) is 16.7. The number of ketones is 1. The third-order valence-electron chi connectivity index (χ3n) is 7.80. The lowest BCUT2D eigenvalue weighted by Gasteiger charge is -2.43. The van der Waals surface area contributed by atoms with Crippen molar-refractivity contribution in [3.63, 3.8) is 0 Å². The Morgan fingerprint density at radius 3 is 2.30 bits per heavy atom. The maximum Gasteiger partial charge on any atom is 0.255 e. The van der Waals surface area contributed by atoms with E-state index in [9.17, 15) is 14.7 Å². The summed E-state index contributed by atoms with van der Waals surface area (Å²) in [4.78, 5) is 25.2. The lowest BCUT2D eigenvalue weighted by molar-refractivity contribution is -0.255. The number of thioether (sulfide) groups is 1. The number of nitrogens with zero attached hydrogens (tertiary/aromatic N) is 2. The number of aromatic nitrogens is 2. The maximum absolute atomic E-state index is 13.3. The molecule has 234 valence electrons. The molecule has 0 aliphatic carbocycles. The van der Waals surface area contributed by atoms with Crippen molar-refractivity contribution in [1.82, 2.24) is 10.2 Å². The monoisotopic (exact) mass is 651 g/mol. The number of ether oxygens (including phenoxy) is 2. The Morgan fingerprint density at radius 1 is 0.848 bits per heavy atom. The number of nitrogens with one attached hydrogen (secondary N) is 1. The topological polar surface area (TPSA) is 111 Å². The van der Waals surface area contributed by atoms with E-state index in [1.54, 1.807) is 59.5 Å². The summed E-state index contributed by atoms with van der Waals surface area (Å²) in [7, 11) is 0. The van der Waals surface area contributed by atoms with E-state index in [1.807, 2.05) is 61.5 Å². The van der Waals surface area contributed by atoms with E-state index < -0.39 is 6.29 Å². The molecule has 1 saturated heterocycles. The highest BCUT2D eigenvalue weighted by atomic mass is 32.2. The van der Waals surface area contributed by atoms with Gasteiger partial charge in [0.25, 0.3) is 5.91 Å². The predicted molar refractivity (Wildman–Crippen MR) is 179 cm³/mol. The van der Waals surface area contributed by atoms with Crippen LogP contribution in [0, 0.1) is 6.92 Å². The molecule has 4 atom stereocenters. The summed E-state index contributed by atoms with van der Waals surface area (Å²) in [5.74, 6) is 0.0637. The van der Waals surface area contributed by atoms with Crippen molar-refractivity contribution in [3.05, 3.63) is 142 Å². The number of hydrogen-bond donors (Lipinski definition) is 2. The van der Waals surface area contributed by atoms with Gasteiger partial charge in [0.1, 0.15) is 5.01 Å². The molecule has 1 fully saturated rings. The van der Waals surface area contributed by atoms with Crippen molar-refractivity contribution in [2.24, 2.45) is 0 Å². The van der Waals surface area contributed by atoms with Crippen LogP contribution in [0.5, 0.6) is 0 Å². The summed E-state index contributed by atoms with van der Waals surface area (Å²) >= 11 is 3.15. The van der Waals surface area contributed by atoms with E-state index in [0.29, 0.717) is 28.1 Å². The quantitative estimate of drug-likeness (QED) is 0.118. The maximum atomic E-state index is 13.3. The van der Waals surface area contributed by atoms with Gasteiger partial charge in [-0.15, -0.1) is 10.2 Å². The van der Waals surface area contributed by atoms with Gasteiger partial charge in [0.15, 0.2) is 16.4 Å². The fourth-order valence-electron chi connectivity index (χ4n) is 5.49. The molecular formula is C36H33N3O5S2. The fourth-order valence-corrected chi connectivity index (χ4v) is 7.40. The Balaban J connectivity index is 1.33. The molecule has 0 radical (unpaired) electrons. The van der Waals surface area contributed by atoms with Crippen LogP contribution in [0.3, 0.4) is 0 Å². The molecule has 0 bridgehead atoms. The first-order valence-electron chi connectivity index (χ1n) is 14.9. The lowest BCUT2D eigenvalue weighted by Crippen LogP contribution is -2.38. The number of carbonyl (C=O) groups is 2. The molecule has 1 amide bonds. The summed E-state index contributed by atoms with van der Waals surface area (Å²) in [5.41, 5.74) is 5.05. The number of Topliss-reactive ketones (excluding diaryl/α,β-unsaturated/α-hetero) is 1. The number of aliphatic hydroxyl groups excluding tert-OH is 1. The number of benzene rings is 4. The van der Waals surface area contributed by atoms with Gasteiger partial charge in [-0.1, -0.05) is 102 Å². The predicted octanol–water partition coefficient (Wildman–Crippen LogP) is 7.53. The van der Waals surface area contributed by atoms with E-state index in [0.717, 1.165) is 26.0 Å². The van der Waals surface area contributed by atoms with Gasteiger partial charge < -0.3 is 19.9 Å². The molecule has 10 heteroatoms. The third-order valence-corrected chi connectivity index (χ3v) is 9.86. The zero-order valence-electron chi connectivity index (χ0n) is 25.3. The SMILES string of the molecule is CC(=O)c1cccc(NC(=O)c2cccc(C3O[C@H](CSc4nnc(C)s4)[C@@H](c4ccccc4)[C@H](c4ccc(CO)cc4)O3)c2)c1. The minimum atomic E-state index is -0.766. The summed E-state index contributed by atoms with van der Waals surface area (Å²) in [5, 5.41) is 22.0. The molecule has 4 aromatic carbocycles. The van der Waals surface area contributed by atoms with Crippen LogP contribution in [0.25, 0.3) is 0 Å². The molecular weight excluding hydrogens is 619 g/mol. The van der Waals surface area contributed by atoms with Crippen LogP contribution < -0.4 is 5.32 Å². The molecule has 5 aromatic rings. The Morgan fingerprint density at radius 2 is 1.59 bits per heavy atom. The Bertz CT molecular complexity index is 1810. The molecule has 8 nitrogen and oxygen atoms in total. The zero-order chi connectivity index (χ0) is 32.0. The normalized spacial score (nSPS) is 19.5. The van der Waals surface area contributed by atoms with Gasteiger partial charge in [-0.25, -0.2) is 0 Å². The van der Waals surface area contributed by atoms with E-state index in [-0.39, 0.29) is 36.4 Å². The van der Waals surface area contributed by atoms with Gasteiger partial charge in [-0.05, 0) is 54.8 Å². The minimum Gasteiger partial charge on any atom is -0.392 e. The van der Waals surface area contributed by atoms with Crippen LogP contribution in [0.15, 0.2) is 107 Å². The van der Waals surface area contributed by atoms with Crippen molar-refractivity contribution in [3.8, 4) is 0 Å². The van der Waals surface area contributed by atoms with Crippen LogP contribution >= 0.6 is 23.1 Å². The van der Waals surface area contributed by atoms with Crippen molar-refractivity contribution in [1.29, 1.82) is 0 Å². The minimum absolute atomic E-state index is 0.0475. The van der Waals surface area contributed by atoms with Crippen LogP contribution in [0.1, 0.15) is 73.2 Å². The molecule has 1 aliphatic heterocycles. The van der Waals surface area contributed by atoms with Crippen LogP contribution in [0.4, 0.5) is 5.69 Å². The largest absolute Gasteiger partial charge is 0.392 e. The number of aliphatic hydroxyl groups is 1. The Kier molecular flexibility index (Phi) is 10.0. The van der Waals surface area contributed by atoms with E-state index in [4.69, 9.17) is 9.47 Å². The van der Waals surface area contributed by atoms with E-state index >= 15 is 0 Å². The molecule has 6 rings (SSSR count). The first kappa shape index (κ1) is 31.8. The molecule has 46 heavy (non-hydrogen) atoms. The molecule has 1 aromatic heterocycles. The second-order valence-corrected chi connectivity index (χ2v) is 13.5. The zero-order valence-corrected chi connectivity index (χ0v) is 27.0. The number of carbonyl (C=O) groups excluding carboxylic acids is 2. The second-order valence-electron chi connectivity index (χ2n) is 11.0. The molecule has 1 aliphatic rings. The molecule has 0 saturated carbocycles. The molecule has 2 heterocycles. The summed E-state index contributed by atoms with van der Waals surface area (Å²) < 4.78 is 14.4. The number of anilines is 1. The van der Waals surface area contributed by atoms with Crippen molar-refractivity contribution in [2.45, 2.75) is 49.2 Å². The molecule has 2 N–H and O–H groups in total. The number of aryl methyl sites for hydroxylation is 1. The smallest absolute Gasteiger partial charge is 0.255 e. The van der Waals surface area contributed by atoms with Gasteiger partial charge in [-0.3, -0.25) is 9.59 Å². The molecule has 0 spiro atoms. The third kappa shape index (κ3) is 7.43. The average molecular weight is 652 g/mol. The van der Waals surface area contributed by atoms with Crippen LogP contribution in [-0.4, -0.2) is 38.9 Å². The average Bonchev–Trinajstić information content (AvgIpc) is 3.52. The Hall–Kier alpha value is -4.19. The van der Waals surface area contributed by atoms with Gasteiger partial charge in [0.2, 0.25) is 0 Å². The summed E-state index contributed by atoms with van der Waals surface area (Å²) in [6.45, 7) is 3.38. The lowest BCUT2D eigenvalue weighted by atomic mass is 9.84. The van der Waals surface area contributed by atoms with Gasteiger partial charge in [0.05, 0.1) is 18.8 Å². The van der Waals surface area contributed by atoms with Gasteiger partial charge in [0, 0.05) is 34.0 Å². The number of rotatable bonds is 10. The van der Waals surface area contributed by atoms with Crippen molar-refractivity contribution < 1.29 is 24.2 Å². The van der Waals surface area contributed by atoms with Crippen LogP contribution in [-0.2, 0) is 16.1 Å². The molecule has 1 unspecified atom stereocenters. The fraction of sp³-hybridized carbons (Fsp3) is 0.222. The summed E-state index contributed by atoms with van der Waals surface area (Å²) in [6.07, 6.45) is -1.44. The number of hydrogen-bond acceptors (Lipinski definition) is 9. The van der Waals surface area contributed by atoms with Gasteiger partial charge >= 0.3 is 0 Å². The van der Waals surface area contributed by atoms with Crippen LogP contribution in [0.2, 0.25) is 0 Å². The first-order chi connectivity index (χ1) is 22.4. The van der Waals surface area contributed by atoms with Gasteiger partial charge in [-0.2, -0.15) is 0 Å². The standard InChI is InChI=1S/C36H33N3O5S2/c1-22(41)27-10-7-13-30(19-27)37-34(42)28-11-6-12-29(18-28)35-43-31(21-45-36-39-38-23(2)46-36)32(25-8-4-3-5-9-25)33(44-35)26-16-14-24(20-40)15-17-26/h3-19,31-33,35,40H,20-21H2,1-2H3,(H,37,42)/t31-,32-,33+,35?/m1/s1. The van der Waals surface area contributed by atoms with Crippen molar-refractivity contribution in [2.75, 3.05) is 11.1 Å². The summed E-state index contributed by atoms with van der Waals surface area (Å²) in [6, 6.07) is 32.1. The second kappa shape index (κ2) is 14.5. The highest BCUT2D eigenvalue weighted by Gasteiger charge is 2.42. The highest BCUT2D eigenvalue weighted by molar-refractivity contribution is 8.01.